The topological polar surface area (TPSA) is 53.5 Å². The molecule has 19 aromatic carbocycles. The number of pyridine rings is 3. The molecule has 1 aliphatic carbocycles. The molecule has 0 radical (unpaired) electrons. The molecule has 0 fully saturated rings. The van der Waals surface area contributed by atoms with E-state index in [9.17, 15) is 0 Å². The first-order valence-electron chi connectivity index (χ1n) is 44.6. The van der Waals surface area contributed by atoms with Crippen LogP contribution in [0.4, 0.5) is 0 Å². The first-order valence-corrected chi connectivity index (χ1v) is 47.4. The van der Waals surface area contributed by atoms with E-state index in [2.05, 4.69) is 487 Å². The maximum Gasteiger partial charge on any atom is 0.180 e. The highest BCUT2D eigenvalue weighted by atomic mass is 32.1. The second-order valence-corrected chi connectivity index (χ2v) is 39.1. The highest BCUT2D eigenvalue weighted by Gasteiger charge is 2.50. The first-order chi connectivity index (χ1) is 64.5. The molecule has 26 aromatic rings. The van der Waals surface area contributed by atoms with Gasteiger partial charge in [-0.3, -0.25) is 0 Å². The van der Waals surface area contributed by atoms with Crippen molar-refractivity contribution in [2.75, 3.05) is 0 Å². The van der Waals surface area contributed by atoms with E-state index in [1.54, 1.807) is 0 Å². The fourth-order valence-corrected chi connectivity index (χ4v) is 28.1. The number of para-hydroxylation sites is 4. The molecule has 606 valence electrons. The first kappa shape index (κ1) is 74.9. The molecule has 0 spiro atoms. The Morgan fingerprint density at radius 2 is 0.631 bits per heavy atom. The fraction of sp³-hybridized carbons (Fsp3) is 0.00820. The molecule has 130 heavy (non-hydrogen) atoms. The van der Waals surface area contributed by atoms with Crippen LogP contribution in [0.5, 0.6) is 0 Å². The van der Waals surface area contributed by atoms with E-state index in [0.29, 0.717) is 0 Å². The van der Waals surface area contributed by atoms with Crippen molar-refractivity contribution in [1.29, 1.82) is 0 Å². The van der Waals surface area contributed by atoms with Gasteiger partial charge >= 0.3 is 0 Å². The van der Waals surface area contributed by atoms with Crippen LogP contribution in [0.15, 0.2) is 473 Å². The van der Waals surface area contributed by atoms with E-state index in [1.165, 1.54) is 140 Å². The second-order valence-electron chi connectivity index (χ2n) is 34.3. The van der Waals surface area contributed by atoms with Gasteiger partial charge in [0.2, 0.25) is 0 Å². The highest BCUT2D eigenvalue weighted by molar-refractivity contribution is 7.26. The van der Waals surface area contributed by atoms with E-state index in [4.69, 9.17) is 15.0 Å². The minimum atomic E-state index is -2.60. The molecule has 0 N–H and O–H groups in total. The van der Waals surface area contributed by atoms with Crippen molar-refractivity contribution in [2.45, 2.75) is 5.41 Å². The minimum absolute atomic E-state index is 0.433. The molecule has 0 saturated heterocycles. The summed E-state index contributed by atoms with van der Waals surface area (Å²) in [6.45, 7) is 0. The predicted molar refractivity (Wildman–Crippen MR) is 549 cm³/mol. The monoisotopic (exact) mass is 1690 g/mol. The number of hydrogen-bond donors (Lipinski definition) is 0. The maximum atomic E-state index is 5.53. The molecular formula is C122H78N6SSi. The van der Waals surface area contributed by atoms with Gasteiger partial charge in [-0.05, 0) is 214 Å². The Labute approximate surface area is 755 Å². The van der Waals surface area contributed by atoms with Crippen molar-refractivity contribution in [2.24, 2.45) is 0 Å². The molecule has 0 saturated carbocycles. The summed E-state index contributed by atoms with van der Waals surface area (Å²) in [5, 5.41) is 17.9. The summed E-state index contributed by atoms with van der Waals surface area (Å²) in [4.78, 5) is 16.3. The van der Waals surface area contributed by atoms with Crippen molar-refractivity contribution < 1.29 is 0 Å². The van der Waals surface area contributed by atoms with E-state index in [-0.39, 0.29) is 0 Å². The molecule has 28 rings (SSSR count). The highest BCUT2D eigenvalue weighted by Crippen LogP contribution is 2.57. The lowest BCUT2D eigenvalue weighted by atomic mass is 9.67. The normalized spacial score (nSPS) is 12.9. The standard InChI is InChI=1S/C45H30N2Si.C40H26N2.C37H22N2S/c1-4-15-31(16-5-1)32-17-14-18-34(27-32)47-41-25-12-10-24-38(41)45-42(47)29-33-28-39-37-23-11-13-26-43(37)48(35-19-6-2-7-20-35,36-21-8-3-9-22-36)44(39)30-40(33)46-45;1-4-14-28(15-5-1)40(29-16-6-2-7-17-29)34-22-12-10-20-31(34)33-24-27-25-38-39(41-36(27)26-35(33)40)32-21-11-13-23-37(32)42(38)30-18-8-3-9-19-30;1-2-9-23(10-3-1)25-12-8-13-27(19-25)39-32-16-7-6-15-29(32)37-33(39)21-26-20-30-35(22-31(26)38-37)40-34-18-17-24-11-4-5-14-28(24)36(30)34/h1-30H;1-26H;1-22H. The van der Waals surface area contributed by atoms with Gasteiger partial charge in [0, 0.05) is 69.6 Å². The molecule has 1 aliphatic heterocycles. The molecule has 8 heteroatoms. The van der Waals surface area contributed by atoms with Crippen LogP contribution in [0.25, 0.3) is 191 Å². The minimum Gasteiger partial charge on any atom is -0.308 e. The van der Waals surface area contributed by atoms with Crippen LogP contribution >= 0.6 is 11.3 Å². The number of rotatable bonds is 9. The van der Waals surface area contributed by atoms with Crippen LogP contribution in [0.2, 0.25) is 0 Å². The molecule has 6 nitrogen and oxygen atoms in total. The summed E-state index contributed by atoms with van der Waals surface area (Å²) in [7, 11) is -2.60. The SMILES string of the molecule is c1ccc(-c2cccc(-n3c4ccccc4c4nc5cc6c(cc5cc43)-c3ccccc3[Si]6(c3ccccc3)c3ccccc3)c2)cc1.c1ccc(-c2cccc(-n3c4ccccc4c4nc5cc6sc7ccc8ccccc8c7c6cc5cc43)c2)cc1.c1ccc(-n2c3ccccc3c3nc4cc5c(cc4cc32)-c2ccccc2C5(c2ccccc2)c2ccccc2)cc1. The van der Waals surface area contributed by atoms with Gasteiger partial charge < -0.3 is 13.7 Å². The Kier molecular flexibility index (Phi) is 17.4. The van der Waals surface area contributed by atoms with Crippen molar-refractivity contribution in [3.8, 4) is 61.6 Å². The number of benzene rings is 19. The summed E-state index contributed by atoms with van der Waals surface area (Å²) < 4.78 is 9.70. The van der Waals surface area contributed by atoms with Crippen LogP contribution in [0.3, 0.4) is 0 Å². The Bertz CT molecular complexity index is 8960. The van der Waals surface area contributed by atoms with Crippen LogP contribution in [-0.2, 0) is 5.41 Å². The lowest BCUT2D eigenvalue weighted by Gasteiger charge is -2.33. The third kappa shape index (κ3) is 11.6. The lowest BCUT2D eigenvalue weighted by Crippen LogP contribution is -2.72. The zero-order valence-corrected chi connectivity index (χ0v) is 72.4. The average Bonchev–Trinajstić information content (AvgIpc) is 1.54. The summed E-state index contributed by atoms with van der Waals surface area (Å²) >= 11 is 1.86. The fourth-order valence-electron chi connectivity index (χ4n) is 21.8. The van der Waals surface area contributed by atoms with Crippen molar-refractivity contribution in [1.82, 2.24) is 28.7 Å². The van der Waals surface area contributed by atoms with Gasteiger partial charge in [-0.25, -0.2) is 15.0 Å². The van der Waals surface area contributed by atoms with Gasteiger partial charge in [-0.15, -0.1) is 11.3 Å². The van der Waals surface area contributed by atoms with Gasteiger partial charge in [-0.2, -0.15) is 0 Å². The van der Waals surface area contributed by atoms with E-state index in [1.807, 2.05) is 11.3 Å². The number of hydrogen-bond acceptors (Lipinski definition) is 4. The third-order valence-electron chi connectivity index (χ3n) is 27.4. The van der Waals surface area contributed by atoms with Gasteiger partial charge in [-0.1, -0.05) is 358 Å². The van der Waals surface area contributed by atoms with Gasteiger partial charge in [0.15, 0.2) is 8.07 Å². The Morgan fingerprint density at radius 3 is 1.18 bits per heavy atom. The van der Waals surface area contributed by atoms with Crippen LogP contribution < -0.4 is 20.7 Å². The second kappa shape index (κ2) is 30.1. The molecule has 2 aliphatic rings. The third-order valence-corrected chi connectivity index (χ3v) is 33.4. The van der Waals surface area contributed by atoms with Crippen LogP contribution in [0.1, 0.15) is 22.3 Å². The predicted octanol–water partition coefficient (Wildman–Crippen LogP) is 28.6. The average molecular weight is 1690 g/mol. The molecule has 0 unspecified atom stereocenters. The number of aromatic nitrogens is 6. The van der Waals surface area contributed by atoms with E-state index in [0.717, 1.165) is 93.8 Å². The molecule has 8 heterocycles. The quantitative estimate of drug-likeness (QED) is 0.135. The molecule has 0 atom stereocenters. The zero-order valence-electron chi connectivity index (χ0n) is 70.6. The smallest absolute Gasteiger partial charge is 0.180 e. The van der Waals surface area contributed by atoms with Gasteiger partial charge in [0.25, 0.3) is 0 Å². The lowest BCUT2D eigenvalue weighted by molar-refractivity contribution is 0.769. The maximum absolute atomic E-state index is 5.53. The summed E-state index contributed by atoms with van der Waals surface area (Å²) in [5.74, 6) is 0. The largest absolute Gasteiger partial charge is 0.308 e. The van der Waals surface area contributed by atoms with Crippen molar-refractivity contribution in [3.05, 3.63) is 495 Å². The number of fused-ring (bicyclic) bond motifs is 23. The molecule has 7 aromatic heterocycles. The van der Waals surface area contributed by atoms with Gasteiger partial charge in [0.05, 0.1) is 71.6 Å². The molecular weight excluding hydrogens is 1610 g/mol. The zero-order chi connectivity index (χ0) is 85.5. The Morgan fingerprint density at radius 1 is 0.223 bits per heavy atom. The van der Waals surface area contributed by atoms with E-state index >= 15 is 0 Å². The number of thiophene rings is 1. The van der Waals surface area contributed by atoms with Crippen LogP contribution in [-0.4, -0.2) is 36.7 Å². The van der Waals surface area contributed by atoms with E-state index < -0.39 is 13.5 Å². The molecule has 0 bridgehead atoms. The summed E-state index contributed by atoms with van der Waals surface area (Å²) in [6.07, 6.45) is 0. The van der Waals surface area contributed by atoms with Crippen molar-refractivity contribution >= 4 is 170 Å². The number of nitrogens with zero attached hydrogens (tertiary/aromatic N) is 6. The van der Waals surface area contributed by atoms with Crippen LogP contribution in [0, 0.1) is 0 Å². The molecule has 0 amide bonds. The summed E-state index contributed by atoms with van der Waals surface area (Å²) in [5.41, 5.74) is 31.2. The Hall–Kier alpha value is -16.5. The summed E-state index contributed by atoms with van der Waals surface area (Å²) in [6, 6.07) is 172. The Balaban J connectivity index is 0.000000103. The van der Waals surface area contributed by atoms with Gasteiger partial charge in [0.1, 0.15) is 0 Å². The van der Waals surface area contributed by atoms with Crippen molar-refractivity contribution in [3.63, 3.8) is 0 Å².